The van der Waals surface area contributed by atoms with Crippen molar-refractivity contribution < 1.29 is 14.3 Å². The van der Waals surface area contributed by atoms with Crippen LogP contribution in [0.3, 0.4) is 0 Å². The molecule has 164 valence electrons. The van der Waals surface area contributed by atoms with Crippen molar-refractivity contribution in [1.29, 1.82) is 0 Å². The fourth-order valence-electron chi connectivity index (χ4n) is 4.45. The summed E-state index contributed by atoms with van der Waals surface area (Å²) in [6, 6.07) is 5.01. The molecule has 4 aromatic rings. The Morgan fingerprint density at radius 3 is 2.58 bits per heavy atom. The molecule has 0 atom stereocenters. The van der Waals surface area contributed by atoms with Gasteiger partial charge in [0.25, 0.3) is 0 Å². The van der Waals surface area contributed by atoms with Gasteiger partial charge in [-0.2, -0.15) is 9.61 Å². The number of aliphatic carboxylic acids is 1. The number of nitrogens with zero attached hydrogens (tertiary/aromatic N) is 5. The topological polar surface area (TPSA) is 119 Å². The van der Waals surface area contributed by atoms with Crippen LogP contribution in [0.15, 0.2) is 43.0 Å². The number of carbonyl (C=O) groups is 1. The molecule has 0 saturated heterocycles. The normalized spacial score (nSPS) is 18.5. The molecule has 1 fully saturated rings. The molecular weight excluding hydrogens is 422 g/mol. The predicted octanol–water partition coefficient (Wildman–Crippen LogP) is 2.73. The van der Waals surface area contributed by atoms with Crippen LogP contribution in [-0.4, -0.2) is 43.5 Å². The first-order valence-electron chi connectivity index (χ1n) is 10.6. The van der Waals surface area contributed by atoms with E-state index in [2.05, 4.69) is 15.1 Å². The Kier molecular flexibility index (Phi) is 5.28. The zero-order valence-electron chi connectivity index (χ0n) is 17.6. The second kappa shape index (κ2) is 8.27. The van der Waals surface area contributed by atoms with Crippen LogP contribution in [0.25, 0.3) is 28.0 Å². The number of nitrogens with two attached hydrogens (primary N) is 1. The molecule has 8 nitrogen and oxygen atoms in total. The second-order valence-corrected chi connectivity index (χ2v) is 8.30. The lowest BCUT2D eigenvalue weighted by molar-refractivity contribution is -0.142. The minimum Gasteiger partial charge on any atom is -0.481 e. The van der Waals surface area contributed by atoms with Crippen molar-refractivity contribution in [3.63, 3.8) is 0 Å². The van der Waals surface area contributed by atoms with Crippen molar-refractivity contribution in [3.05, 3.63) is 54.5 Å². The molecule has 3 N–H and O–H groups in total. The molecule has 1 aliphatic carbocycles. The maximum absolute atomic E-state index is 13.5. The number of anilines is 1. The van der Waals surface area contributed by atoms with Gasteiger partial charge in [-0.3, -0.25) is 14.8 Å². The van der Waals surface area contributed by atoms with E-state index in [9.17, 15) is 14.3 Å². The molecule has 10 heteroatoms. The lowest BCUT2D eigenvalue weighted by atomic mass is 9.77. The van der Waals surface area contributed by atoms with Gasteiger partial charge in [0.1, 0.15) is 19.5 Å². The lowest BCUT2D eigenvalue weighted by Gasteiger charge is -2.27. The van der Waals surface area contributed by atoms with Gasteiger partial charge in [-0.15, -0.1) is 0 Å². The van der Waals surface area contributed by atoms with Gasteiger partial charge in [0, 0.05) is 40.7 Å². The summed E-state index contributed by atoms with van der Waals surface area (Å²) in [5, 5.41) is 13.6. The summed E-state index contributed by atoms with van der Waals surface area (Å²) in [5.41, 5.74) is 10.6. The average Bonchev–Trinajstić information content (AvgIpc) is 3.26. The Hall–Kier alpha value is -3.82. The van der Waals surface area contributed by atoms with Crippen LogP contribution < -0.4 is 11.2 Å². The lowest BCUT2D eigenvalue weighted by Crippen LogP contribution is -2.28. The van der Waals surface area contributed by atoms with Crippen molar-refractivity contribution in [2.45, 2.75) is 31.6 Å². The quantitative estimate of drug-likeness (QED) is 0.467. The van der Waals surface area contributed by atoms with E-state index in [1.165, 1.54) is 10.6 Å². The third-order valence-corrected chi connectivity index (χ3v) is 6.29. The highest BCUT2D eigenvalue weighted by Gasteiger charge is 2.29. The maximum Gasteiger partial charge on any atom is 0.306 e. The average molecular weight is 442 g/mol. The predicted molar refractivity (Wildman–Crippen MR) is 122 cm³/mol. The van der Waals surface area contributed by atoms with E-state index in [0.29, 0.717) is 59.6 Å². The van der Waals surface area contributed by atoms with E-state index >= 15 is 0 Å². The summed E-state index contributed by atoms with van der Waals surface area (Å²) in [6.45, 7) is 0. The monoisotopic (exact) mass is 442 g/mol. The number of carboxylic acids is 1. The summed E-state index contributed by atoms with van der Waals surface area (Å²) in [6.07, 6.45) is 8.56. The van der Waals surface area contributed by atoms with E-state index in [4.69, 9.17) is 18.6 Å². The van der Waals surface area contributed by atoms with Gasteiger partial charge in [-0.05, 0) is 43.3 Å². The molecule has 2 radical (unpaired) electrons. The zero-order chi connectivity index (χ0) is 23.1. The van der Waals surface area contributed by atoms with Crippen molar-refractivity contribution in [2.24, 2.45) is 5.92 Å². The van der Waals surface area contributed by atoms with Crippen LogP contribution in [0.1, 0.15) is 37.3 Å². The Morgan fingerprint density at radius 1 is 1.12 bits per heavy atom. The molecule has 33 heavy (non-hydrogen) atoms. The third-order valence-electron chi connectivity index (χ3n) is 6.29. The van der Waals surface area contributed by atoms with E-state index < -0.39 is 11.8 Å². The van der Waals surface area contributed by atoms with Crippen LogP contribution in [0.2, 0.25) is 0 Å². The largest absolute Gasteiger partial charge is 0.481 e. The van der Waals surface area contributed by atoms with Crippen molar-refractivity contribution in [2.75, 3.05) is 5.73 Å². The second-order valence-electron chi connectivity index (χ2n) is 8.30. The Morgan fingerprint density at radius 2 is 1.91 bits per heavy atom. The molecule has 1 aliphatic rings. The third kappa shape index (κ3) is 3.81. The minimum atomic E-state index is -0.757. The highest BCUT2D eigenvalue weighted by Crippen LogP contribution is 2.36. The molecule has 0 bridgehead atoms. The van der Waals surface area contributed by atoms with Gasteiger partial charge in [-0.25, -0.2) is 9.37 Å². The van der Waals surface area contributed by atoms with Crippen molar-refractivity contribution in [1.82, 2.24) is 24.6 Å². The summed E-state index contributed by atoms with van der Waals surface area (Å²) in [4.78, 5) is 24.4. The van der Waals surface area contributed by atoms with E-state index in [1.54, 1.807) is 24.7 Å². The van der Waals surface area contributed by atoms with Crippen molar-refractivity contribution >= 4 is 30.7 Å². The van der Waals surface area contributed by atoms with Crippen LogP contribution >= 0.6 is 0 Å². The molecule has 0 amide bonds. The smallest absolute Gasteiger partial charge is 0.306 e. The first kappa shape index (κ1) is 21.1. The first-order chi connectivity index (χ1) is 15.9. The van der Waals surface area contributed by atoms with Gasteiger partial charge >= 0.3 is 5.97 Å². The number of carboxylic acid groups (broad SMARTS) is 1. The summed E-state index contributed by atoms with van der Waals surface area (Å²) in [7, 11) is 6.30. The van der Waals surface area contributed by atoms with Crippen LogP contribution in [0, 0.1) is 11.7 Å². The summed E-state index contributed by atoms with van der Waals surface area (Å²) in [5.74, 6) is -1.17. The number of halogens is 1. The molecule has 0 spiro atoms. The number of aromatic nitrogens is 5. The van der Waals surface area contributed by atoms with Gasteiger partial charge in [0.15, 0.2) is 5.65 Å². The van der Waals surface area contributed by atoms with Gasteiger partial charge in [0.2, 0.25) is 0 Å². The summed E-state index contributed by atoms with van der Waals surface area (Å²) >= 11 is 0. The molecule has 4 heterocycles. The molecule has 4 aromatic heterocycles. The van der Waals surface area contributed by atoms with Gasteiger partial charge in [0.05, 0.1) is 24.0 Å². The zero-order valence-corrected chi connectivity index (χ0v) is 17.6. The number of pyridine rings is 2. The van der Waals surface area contributed by atoms with Gasteiger partial charge < -0.3 is 10.8 Å². The summed E-state index contributed by atoms with van der Waals surface area (Å²) < 4.78 is 15.0. The maximum atomic E-state index is 13.5. The van der Waals surface area contributed by atoms with E-state index in [0.717, 1.165) is 17.3 Å². The Labute approximate surface area is 190 Å². The fourth-order valence-corrected chi connectivity index (χ4v) is 4.45. The molecule has 5 rings (SSSR count). The van der Waals surface area contributed by atoms with Crippen LogP contribution in [0.5, 0.6) is 0 Å². The minimum absolute atomic E-state index is 0.0385. The number of hydrogen-bond acceptors (Lipinski definition) is 6. The van der Waals surface area contributed by atoms with Crippen molar-refractivity contribution in [3.8, 4) is 22.4 Å². The number of hydrogen-bond donors (Lipinski definition) is 2. The number of nitrogen functional groups attached to an aromatic ring is 1. The Balaban J connectivity index is 1.50. The van der Waals surface area contributed by atoms with Gasteiger partial charge in [-0.1, -0.05) is 6.07 Å². The molecule has 0 aromatic carbocycles. The molecule has 1 saturated carbocycles. The van der Waals surface area contributed by atoms with E-state index in [-0.39, 0.29) is 11.8 Å². The fraction of sp³-hybridized carbons (Fsp3) is 0.261. The molecule has 0 unspecified atom stereocenters. The van der Waals surface area contributed by atoms with E-state index in [1.807, 2.05) is 6.07 Å². The molecule has 0 aliphatic heterocycles. The highest BCUT2D eigenvalue weighted by atomic mass is 19.1. The Bertz CT molecular complexity index is 1350. The first-order valence-corrected chi connectivity index (χ1v) is 10.6. The SMILES string of the molecule is [B]c1c(C2CCC(C(=O)O)CC2)nc2c(-c3ccc(-c4cncc(F)c4)nc3)cnn2c1N. The standard InChI is InChI=1S/C23H20BFN6O2/c24-19-20(12-1-3-13(4-2-12)23(32)33)30-22-17(11-29-31(22)21(19)26)14-5-6-18(28-9-14)15-7-16(25)10-27-8-15/h5-13H,1-4,26H2,(H,32,33). The van der Waals surface area contributed by atoms with Crippen LogP contribution in [-0.2, 0) is 4.79 Å². The van der Waals surface area contributed by atoms with Crippen LogP contribution in [0.4, 0.5) is 10.2 Å². The number of fused-ring (bicyclic) bond motifs is 1. The highest BCUT2D eigenvalue weighted by molar-refractivity contribution is 6.36. The number of rotatable bonds is 4. The molecular formula is C23H20BFN6O2.